The van der Waals surface area contributed by atoms with Crippen molar-refractivity contribution in [2.75, 3.05) is 26.4 Å². The second-order valence-electron chi connectivity index (χ2n) is 6.75. The molecule has 0 radical (unpaired) electrons. The average Bonchev–Trinajstić information content (AvgIpc) is 2.72. The van der Waals surface area contributed by atoms with E-state index < -0.39 is 0 Å². The number of amides is 1. The van der Waals surface area contributed by atoms with E-state index in [-0.39, 0.29) is 12.5 Å². The van der Waals surface area contributed by atoms with Gasteiger partial charge in [-0.1, -0.05) is 25.1 Å². The van der Waals surface area contributed by atoms with Gasteiger partial charge in [0.15, 0.2) is 18.1 Å². The number of aryl methyl sites for hydroxylation is 1. The van der Waals surface area contributed by atoms with Crippen molar-refractivity contribution in [3.05, 3.63) is 53.1 Å². The maximum Gasteiger partial charge on any atom is 0.260 e. The van der Waals surface area contributed by atoms with Gasteiger partial charge in [-0.2, -0.15) is 0 Å². The van der Waals surface area contributed by atoms with E-state index in [2.05, 4.69) is 13.0 Å². The van der Waals surface area contributed by atoms with E-state index in [1.807, 2.05) is 49.1 Å². The van der Waals surface area contributed by atoms with Gasteiger partial charge in [0.2, 0.25) is 0 Å². The lowest BCUT2D eigenvalue weighted by Gasteiger charge is -2.30. The fourth-order valence-electron chi connectivity index (χ4n) is 3.48. The minimum Gasteiger partial charge on any atom is -0.490 e. The summed E-state index contributed by atoms with van der Waals surface area (Å²) >= 11 is 0. The highest BCUT2D eigenvalue weighted by Crippen LogP contribution is 2.34. The molecule has 0 unspecified atom stereocenters. The number of benzene rings is 2. The molecule has 1 aliphatic heterocycles. The molecule has 0 saturated heterocycles. The summed E-state index contributed by atoms with van der Waals surface area (Å²) in [5, 5.41) is 0. The SMILES string of the molecule is CCOc1cc2c(cc1OCC)CN(C(=O)COc1ccccc1CC)CC2. The first kappa shape index (κ1) is 20.1. The van der Waals surface area contributed by atoms with Crippen molar-refractivity contribution in [2.45, 2.75) is 40.2 Å². The normalized spacial score (nSPS) is 13.0. The molecule has 2 aromatic rings. The Morgan fingerprint density at radius 1 is 0.929 bits per heavy atom. The van der Waals surface area contributed by atoms with Gasteiger partial charge >= 0.3 is 0 Å². The highest BCUT2D eigenvalue weighted by Gasteiger charge is 2.23. The highest BCUT2D eigenvalue weighted by atomic mass is 16.5. The van der Waals surface area contributed by atoms with E-state index in [0.29, 0.717) is 26.3 Å². The Balaban J connectivity index is 1.68. The van der Waals surface area contributed by atoms with Crippen LogP contribution in [0.15, 0.2) is 36.4 Å². The summed E-state index contributed by atoms with van der Waals surface area (Å²) in [4.78, 5) is 14.6. The van der Waals surface area contributed by atoms with E-state index in [0.717, 1.165) is 41.2 Å². The topological polar surface area (TPSA) is 48.0 Å². The van der Waals surface area contributed by atoms with Gasteiger partial charge in [-0.3, -0.25) is 4.79 Å². The van der Waals surface area contributed by atoms with Crippen molar-refractivity contribution in [1.29, 1.82) is 0 Å². The summed E-state index contributed by atoms with van der Waals surface area (Å²) in [6, 6.07) is 11.9. The second-order valence-corrected chi connectivity index (χ2v) is 6.75. The van der Waals surface area contributed by atoms with Crippen LogP contribution in [-0.2, 0) is 24.2 Å². The first-order valence-corrected chi connectivity index (χ1v) is 10.1. The van der Waals surface area contributed by atoms with Gasteiger partial charge in [0.1, 0.15) is 5.75 Å². The van der Waals surface area contributed by atoms with Crippen molar-refractivity contribution >= 4 is 5.91 Å². The number of nitrogens with zero attached hydrogens (tertiary/aromatic N) is 1. The maximum atomic E-state index is 12.7. The summed E-state index contributed by atoms with van der Waals surface area (Å²) < 4.78 is 17.3. The Morgan fingerprint density at radius 3 is 2.29 bits per heavy atom. The summed E-state index contributed by atoms with van der Waals surface area (Å²) in [6.45, 7) is 8.48. The quantitative estimate of drug-likeness (QED) is 0.691. The molecule has 3 rings (SSSR count). The zero-order valence-electron chi connectivity index (χ0n) is 17.0. The Kier molecular flexibility index (Phi) is 6.80. The molecular formula is C23H29NO4. The van der Waals surface area contributed by atoms with E-state index in [1.54, 1.807) is 0 Å². The Bertz CT molecular complexity index is 818. The average molecular weight is 383 g/mol. The van der Waals surface area contributed by atoms with Gasteiger partial charge in [0.05, 0.1) is 13.2 Å². The van der Waals surface area contributed by atoms with Crippen molar-refractivity contribution in [1.82, 2.24) is 4.90 Å². The van der Waals surface area contributed by atoms with E-state index in [1.165, 1.54) is 5.56 Å². The molecule has 28 heavy (non-hydrogen) atoms. The molecule has 2 aromatic carbocycles. The molecule has 0 N–H and O–H groups in total. The first-order valence-electron chi connectivity index (χ1n) is 10.1. The Morgan fingerprint density at radius 2 is 1.61 bits per heavy atom. The number of carbonyl (C=O) groups excluding carboxylic acids is 1. The molecule has 0 bridgehead atoms. The number of carbonyl (C=O) groups is 1. The largest absolute Gasteiger partial charge is 0.490 e. The van der Waals surface area contributed by atoms with Crippen molar-refractivity contribution < 1.29 is 19.0 Å². The van der Waals surface area contributed by atoms with Crippen LogP contribution in [0.2, 0.25) is 0 Å². The fourth-order valence-corrected chi connectivity index (χ4v) is 3.48. The van der Waals surface area contributed by atoms with Crippen LogP contribution in [0.3, 0.4) is 0 Å². The predicted octanol–water partition coefficient (Wildman–Crippen LogP) is 4.01. The zero-order valence-corrected chi connectivity index (χ0v) is 17.0. The minimum atomic E-state index is 0.00315. The van der Waals surface area contributed by atoms with Gasteiger partial charge in [-0.25, -0.2) is 0 Å². The van der Waals surface area contributed by atoms with Crippen LogP contribution in [-0.4, -0.2) is 37.2 Å². The van der Waals surface area contributed by atoms with E-state index in [4.69, 9.17) is 14.2 Å². The number of rotatable bonds is 8. The molecule has 0 fully saturated rings. The zero-order chi connectivity index (χ0) is 19.9. The smallest absolute Gasteiger partial charge is 0.260 e. The summed E-state index contributed by atoms with van der Waals surface area (Å²) in [6.07, 6.45) is 1.68. The highest BCUT2D eigenvalue weighted by molar-refractivity contribution is 5.78. The van der Waals surface area contributed by atoms with Crippen LogP contribution < -0.4 is 14.2 Å². The third-order valence-electron chi connectivity index (χ3n) is 4.94. The Hall–Kier alpha value is -2.69. The van der Waals surface area contributed by atoms with Gasteiger partial charge in [-0.15, -0.1) is 0 Å². The van der Waals surface area contributed by atoms with Gasteiger partial charge in [0, 0.05) is 13.1 Å². The van der Waals surface area contributed by atoms with Gasteiger partial charge in [-0.05, 0) is 61.6 Å². The molecule has 1 aliphatic rings. The lowest BCUT2D eigenvalue weighted by Crippen LogP contribution is -2.38. The molecule has 1 heterocycles. The minimum absolute atomic E-state index is 0.00315. The molecule has 0 saturated carbocycles. The van der Waals surface area contributed by atoms with Crippen LogP contribution in [0.1, 0.15) is 37.5 Å². The van der Waals surface area contributed by atoms with E-state index in [9.17, 15) is 4.79 Å². The van der Waals surface area contributed by atoms with Crippen LogP contribution in [0.4, 0.5) is 0 Å². The summed E-state index contributed by atoms with van der Waals surface area (Å²) in [5.74, 6) is 2.31. The Labute approximate surface area is 167 Å². The molecule has 5 nitrogen and oxygen atoms in total. The lowest BCUT2D eigenvalue weighted by molar-refractivity contribution is -0.134. The van der Waals surface area contributed by atoms with Crippen molar-refractivity contribution in [3.8, 4) is 17.2 Å². The van der Waals surface area contributed by atoms with Crippen molar-refractivity contribution in [2.24, 2.45) is 0 Å². The molecule has 1 amide bonds. The summed E-state index contributed by atoms with van der Waals surface area (Å²) in [7, 11) is 0. The lowest BCUT2D eigenvalue weighted by atomic mass is 9.98. The number of para-hydroxylation sites is 1. The van der Waals surface area contributed by atoms with E-state index >= 15 is 0 Å². The molecule has 0 aliphatic carbocycles. The maximum absolute atomic E-state index is 12.7. The number of fused-ring (bicyclic) bond motifs is 1. The molecule has 150 valence electrons. The number of hydrogen-bond acceptors (Lipinski definition) is 4. The van der Waals surface area contributed by atoms with Gasteiger partial charge in [0.25, 0.3) is 5.91 Å². The number of ether oxygens (including phenoxy) is 3. The predicted molar refractivity (Wildman–Crippen MR) is 109 cm³/mol. The number of hydrogen-bond donors (Lipinski definition) is 0. The third kappa shape index (κ3) is 4.58. The first-order chi connectivity index (χ1) is 13.7. The van der Waals surface area contributed by atoms with Crippen LogP contribution in [0.25, 0.3) is 0 Å². The van der Waals surface area contributed by atoms with Gasteiger partial charge < -0.3 is 19.1 Å². The molecule has 0 atom stereocenters. The fraction of sp³-hybridized carbons (Fsp3) is 0.435. The van der Waals surface area contributed by atoms with Crippen LogP contribution in [0, 0.1) is 0 Å². The second kappa shape index (κ2) is 9.49. The molecule has 0 spiro atoms. The standard InChI is InChI=1S/C23H29NO4/c1-4-17-9-7-8-10-20(17)28-16-23(25)24-12-11-18-13-21(26-5-2)22(27-6-3)14-19(18)15-24/h7-10,13-14H,4-6,11-12,15-16H2,1-3H3. The van der Waals surface area contributed by atoms with Crippen LogP contribution >= 0.6 is 0 Å². The van der Waals surface area contributed by atoms with Crippen LogP contribution in [0.5, 0.6) is 17.2 Å². The monoisotopic (exact) mass is 383 g/mol. The molecule has 0 aromatic heterocycles. The third-order valence-corrected chi connectivity index (χ3v) is 4.94. The molecule has 5 heteroatoms. The molecular weight excluding hydrogens is 354 g/mol. The van der Waals surface area contributed by atoms with Crippen molar-refractivity contribution in [3.63, 3.8) is 0 Å². The summed E-state index contributed by atoms with van der Waals surface area (Å²) in [5.41, 5.74) is 3.44.